The van der Waals surface area contributed by atoms with Gasteiger partial charge in [-0.25, -0.2) is 0 Å². The summed E-state index contributed by atoms with van der Waals surface area (Å²) in [5.41, 5.74) is 1.49. The van der Waals surface area contributed by atoms with Crippen LogP contribution in [-0.4, -0.2) is 46.8 Å². The first-order chi connectivity index (χ1) is 11.2. The average molecular weight is 315 g/mol. The van der Waals surface area contributed by atoms with E-state index in [-0.39, 0.29) is 18.4 Å². The lowest BCUT2D eigenvalue weighted by atomic mass is 10.1. The zero-order chi connectivity index (χ0) is 16.2. The van der Waals surface area contributed by atoms with Gasteiger partial charge >= 0.3 is 5.97 Å². The third-order valence-corrected chi connectivity index (χ3v) is 4.33. The number of nitrogens with zero attached hydrogens (tertiary/aromatic N) is 2. The van der Waals surface area contributed by atoms with E-state index >= 15 is 0 Å². The molecule has 3 rings (SSSR count). The minimum Gasteiger partial charge on any atom is -0.481 e. The molecule has 0 aliphatic carbocycles. The second-order valence-corrected chi connectivity index (χ2v) is 5.94. The fraction of sp³-hybridized carbons (Fsp3) is 0.471. The van der Waals surface area contributed by atoms with Crippen molar-refractivity contribution in [3.8, 4) is 0 Å². The molecule has 2 aliphatic rings. The number of amidine groups is 1. The van der Waals surface area contributed by atoms with Crippen LogP contribution in [0, 0.1) is 0 Å². The van der Waals surface area contributed by atoms with Crippen molar-refractivity contribution in [2.24, 2.45) is 4.99 Å². The summed E-state index contributed by atoms with van der Waals surface area (Å²) in [6.07, 6.45) is 3.43. The molecule has 0 unspecified atom stereocenters. The Hall–Kier alpha value is -2.37. The van der Waals surface area contributed by atoms with Crippen LogP contribution in [-0.2, 0) is 4.79 Å². The average Bonchev–Trinajstić information content (AvgIpc) is 2.98. The standard InChI is InChI=1S/C17H21N3O3/c21-15(22)9-3-4-10-18-16-14-8-5-11-20(14)17(23)12-6-1-2-7-13(12)19-16/h1-2,6-7,14H,3-5,8-11H2,(H,18,19)(H,21,22)/t14-/m0/s1. The number of aliphatic imine (C=N–C) groups is 1. The Morgan fingerprint density at radius 1 is 1.35 bits per heavy atom. The highest BCUT2D eigenvalue weighted by Crippen LogP contribution is 2.29. The van der Waals surface area contributed by atoms with E-state index in [1.54, 1.807) is 0 Å². The monoisotopic (exact) mass is 315 g/mol. The first kappa shape index (κ1) is 15.5. The largest absolute Gasteiger partial charge is 0.481 e. The SMILES string of the molecule is O=C(O)CCCCN=C1Nc2ccccc2C(=O)N2CCC[C@@H]12. The number of benzene rings is 1. The molecule has 1 fully saturated rings. The van der Waals surface area contributed by atoms with E-state index in [2.05, 4.69) is 10.3 Å². The maximum absolute atomic E-state index is 12.7. The van der Waals surface area contributed by atoms with Gasteiger partial charge in [0.2, 0.25) is 0 Å². The van der Waals surface area contributed by atoms with Crippen molar-refractivity contribution in [2.45, 2.75) is 38.1 Å². The normalized spacial score (nSPS) is 21.6. The number of carboxylic acid groups (broad SMARTS) is 1. The minimum absolute atomic E-state index is 0.00868. The van der Waals surface area contributed by atoms with Crippen molar-refractivity contribution in [3.05, 3.63) is 29.8 Å². The number of rotatable bonds is 5. The molecule has 23 heavy (non-hydrogen) atoms. The molecule has 2 aliphatic heterocycles. The Kier molecular flexibility index (Phi) is 4.60. The maximum atomic E-state index is 12.7. The molecular formula is C17H21N3O3. The van der Waals surface area contributed by atoms with Gasteiger partial charge in [-0.15, -0.1) is 0 Å². The Labute approximate surface area is 135 Å². The highest BCUT2D eigenvalue weighted by molar-refractivity contribution is 6.11. The van der Waals surface area contributed by atoms with Crippen LogP contribution in [0.4, 0.5) is 5.69 Å². The van der Waals surface area contributed by atoms with Gasteiger partial charge in [0, 0.05) is 19.5 Å². The molecule has 1 saturated heterocycles. The Morgan fingerprint density at radius 3 is 3.00 bits per heavy atom. The van der Waals surface area contributed by atoms with Gasteiger partial charge in [0.15, 0.2) is 0 Å². The van der Waals surface area contributed by atoms with E-state index < -0.39 is 5.97 Å². The predicted molar refractivity (Wildman–Crippen MR) is 87.9 cm³/mol. The topological polar surface area (TPSA) is 82.0 Å². The van der Waals surface area contributed by atoms with Crippen molar-refractivity contribution >= 4 is 23.4 Å². The van der Waals surface area contributed by atoms with E-state index in [0.717, 1.165) is 37.3 Å². The molecule has 0 aromatic heterocycles. The fourth-order valence-electron chi connectivity index (χ4n) is 3.18. The number of carbonyl (C=O) groups excluding carboxylic acids is 1. The second-order valence-electron chi connectivity index (χ2n) is 5.94. The summed E-state index contributed by atoms with van der Waals surface area (Å²) in [4.78, 5) is 29.8. The number of nitrogens with one attached hydrogen (secondary N) is 1. The van der Waals surface area contributed by atoms with E-state index in [0.29, 0.717) is 18.5 Å². The predicted octanol–water partition coefficient (Wildman–Crippen LogP) is 2.37. The van der Waals surface area contributed by atoms with Crippen LogP contribution in [0.5, 0.6) is 0 Å². The van der Waals surface area contributed by atoms with Crippen LogP contribution in [0.1, 0.15) is 42.5 Å². The van der Waals surface area contributed by atoms with Crippen LogP contribution in [0.25, 0.3) is 0 Å². The number of anilines is 1. The zero-order valence-electron chi connectivity index (χ0n) is 13.0. The molecule has 1 aromatic carbocycles. The molecule has 1 aromatic rings. The van der Waals surface area contributed by atoms with Gasteiger partial charge in [-0.1, -0.05) is 12.1 Å². The number of hydrogen-bond donors (Lipinski definition) is 2. The lowest BCUT2D eigenvalue weighted by Gasteiger charge is -2.22. The van der Waals surface area contributed by atoms with Gasteiger partial charge in [0.05, 0.1) is 17.3 Å². The number of carboxylic acids is 1. The number of amides is 1. The second kappa shape index (κ2) is 6.81. The van der Waals surface area contributed by atoms with Gasteiger partial charge in [-0.05, 0) is 37.8 Å². The third-order valence-electron chi connectivity index (χ3n) is 4.33. The maximum Gasteiger partial charge on any atom is 0.303 e. The molecule has 1 atom stereocenters. The van der Waals surface area contributed by atoms with Crippen molar-refractivity contribution in [1.82, 2.24) is 4.90 Å². The number of aliphatic carboxylic acids is 1. The minimum atomic E-state index is -0.772. The third kappa shape index (κ3) is 3.36. The molecule has 122 valence electrons. The van der Waals surface area contributed by atoms with E-state index in [1.165, 1.54) is 0 Å². The first-order valence-electron chi connectivity index (χ1n) is 8.10. The number of fused-ring (bicyclic) bond motifs is 2. The molecule has 0 saturated carbocycles. The quantitative estimate of drug-likeness (QED) is 0.817. The Bertz CT molecular complexity index is 642. The van der Waals surface area contributed by atoms with Gasteiger partial charge in [0.1, 0.15) is 5.84 Å². The number of para-hydroxylation sites is 1. The molecule has 0 radical (unpaired) electrons. The van der Waals surface area contributed by atoms with Crippen molar-refractivity contribution in [2.75, 3.05) is 18.4 Å². The van der Waals surface area contributed by atoms with Crippen molar-refractivity contribution in [1.29, 1.82) is 0 Å². The van der Waals surface area contributed by atoms with Crippen molar-refractivity contribution < 1.29 is 14.7 Å². The van der Waals surface area contributed by atoms with Crippen molar-refractivity contribution in [3.63, 3.8) is 0 Å². The van der Waals surface area contributed by atoms with E-state index in [4.69, 9.17) is 5.11 Å². The summed E-state index contributed by atoms with van der Waals surface area (Å²) in [6.45, 7) is 1.34. The molecule has 2 heterocycles. The molecule has 6 heteroatoms. The smallest absolute Gasteiger partial charge is 0.303 e. The molecular weight excluding hydrogens is 294 g/mol. The first-order valence-corrected chi connectivity index (χ1v) is 8.10. The van der Waals surface area contributed by atoms with Gasteiger partial charge in [0.25, 0.3) is 5.91 Å². The van der Waals surface area contributed by atoms with Crippen LogP contribution in [0.15, 0.2) is 29.3 Å². The molecule has 0 spiro atoms. The zero-order valence-corrected chi connectivity index (χ0v) is 13.0. The number of carbonyl (C=O) groups is 2. The number of unbranched alkanes of at least 4 members (excludes halogenated alkanes) is 1. The highest BCUT2D eigenvalue weighted by atomic mass is 16.4. The fourth-order valence-corrected chi connectivity index (χ4v) is 3.18. The molecule has 6 nitrogen and oxygen atoms in total. The molecule has 2 N–H and O–H groups in total. The van der Waals surface area contributed by atoms with Gasteiger partial charge in [-0.2, -0.15) is 0 Å². The molecule has 1 amide bonds. The Morgan fingerprint density at radius 2 is 2.17 bits per heavy atom. The van der Waals surface area contributed by atoms with Crippen LogP contribution in [0.3, 0.4) is 0 Å². The summed E-state index contributed by atoms with van der Waals surface area (Å²) >= 11 is 0. The summed E-state index contributed by atoms with van der Waals surface area (Å²) in [5, 5.41) is 12.0. The van der Waals surface area contributed by atoms with Gasteiger partial charge in [-0.3, -0.25) is 14.6 Å². The summed E-state index contributed by atoms with van der Waals surface area (Å²) < 4.78 is 0. The summed E-state index contributed by atoms with van der Waals surface area (Å²) in [7, 11) is 0. The lowest BCUT2D eigenvalue weighted by Crippen LogP contribution is -2.40. The summed E-state index contributed by atoms with van der Waals surface area (Å²) in [5.74, 6) is 0.120. The molecule has 0 bridgehead atoms. The van der Waals surface area contributed by atoms with E-state index in [1.807, 2.05) is 29.2 Å². The van der Waals surface area contributed by atoms with E-state index in [9.17, 15) is 9.59 Å². The lowest BCUT2D eigenvalue weighted by molar-refractivity contribution is -0.137. The highest BCUT2D eigenvalue weighted by Gasteiger charge is 2.36. The Balaban J connectivity index is 1.77. The summed E-state index contributed by atoms with van der Waals surface area (Å²) in [6, 6.07) is 7.53. The van der Waals surface area contributed by atoms with Gasteiger partial charge < -0.3 is 15.3 Å². The number of hydrogen-bond acceptors (Lipinski definition) is 3. The van der Waals surface area contributed by atoms with Crippen LogP contribution in [0.2, 0.25) is 0 Å². The van der Waals surface area contributed by atoms with Crippen LogP contribution < -0.4 is 5.32 Å². The van der Waals surface area contributed by atoms with Crippen LogP contribution >= 0.6 is 0 Å².